The zero-order valence-electron chi connectivity index (χ0n) is 21.9. The second kappa shape index (κ2) is 10.7. The highest BCUT2D eigenvalue weighted by Gasteiger charge is 2.46. The number of hydrogen-bond acceptors (Lipinski definition) is 5. The van der Waals surface area contributed by atoms with Crippen molar-refractivity contribution >= 4 is 5.97 Å². The van der Waals surface area contributed by atoms with Crippen LogP contribution in [0.1, 0.15) is 91.4 Å². The van der Waals surface area contributed by atoms with Crippen LogP contribution in [0, 0.1) is 11.3 Å². The van der Waals surface area contributed by atoms with Crippen molar-refractivity contribution in [2.75, 3.05) is 6.61 Å². The minimum absolute atomic E-state index is 0.00357. The van der Waals surface area contributed by atoms with Gasteiger partial charge in [-0.3, -0.25) is 0 Å². The second-order valence-electron chi connectivity index (χ2n) is 11.7. The highest BCUT2D eigenvalue weighted by Crippen LogP contribution is 2.55. The highest BCUT2D eigenvalue weighted by molar-refractivity contribution is 5.71. The maximum Gasteiger partial charge on any atom is 0.332 e. The molecule has 5 nitrogen and oxygen atoms in total. The van der Waals surface area contributed by atoms with Crippen LogP contribution in [0.15, 0.2) is 47.1 Å². The van der Waals surface area contributed by atoms with E-state index in [0.29, 0.717) is 18.8 Å². The van der Waals surface area contributed by atoms with E-state index in [9.17, 15) is 15.0 Å². The number of carbonyl (C=O) groups is 1. The molecule has 0 aromatic carbocycles. The summed E-state index contributed by atoms with van der Waals surface area (Å²) in [5.74, 6) is 0.156. The van der Waals surface area contributed by atoms with Gasteiger partial charge < -0.3 is 19.7 Å². The van der Waals surface area contributed by atoms with E-state index in [1.165, 1.54) is 17.6 Å². The highest BCUT2D eigenvalue weighted by atomic mass is 16.6. The first-order valence-electron chi connectivity index (χ1n) is 13.6. The molecule has 0 saturated heterocycles. The van der Waals surface area contributed by atoms with Gasteiger partial charge in [0.15, 0.2) is 0 Å². The van der Waals surface area contributed by atoms with E-state index in [0.717, 1.165) is 62.5 Å². The molecule has 0 aromatic heterocycles. The fourth-order valence-corrected chi connectivity index (χ4v) is 6.94. The molecule has 0 amide bonds. The van der Waals surface area contributed by atoms with Crippen molar-refractivity contribution in [2.24, 2.45) is 11.3 Å². The van der Waals surface area contributed by atoms with Gasteiger partial charge in [0.25, 0.3) is 0 Å². The molecule has 5 heteroatoms. The minimum atomic E-state index is -0.662. The summed E-state index contributed by atoms with van der Waals surface area (Å²) in [4.78, 5) is 12.5. The zero-order chi connectivity index (χ0) is 25.2. The largest absolute Gasteiger partial charge is 0.458 e. The van der Waals surface area contributed by atoms with Crippen molar-refractivity contribution < 1.29 is 24.5 Å². The normalized spacial score (nSPS) is 36.1. The Morgan fingerprint density at radius 2 is 1.91 bits per heavy atom. The van der Waals surface area contributed by atoms with Gasteiger partial charge in [-0.1, -0.05) is 43.7 Å². The van der Waals surface area contributed by atoms with Crippen molar-refractivity contribution in [1.82, 2.24) is 0 Å². The van der Waals surface area contributed by atoms with Crippen LogP contribution in [0.25, 0.3) is 0 Å². The molecular weight excluding hydrogens is 440 g/mol. The number of rotatable bonds is 6. The van der Waals surface area contributed by atoms with Gasteiger partial charge >= 0.3 is 5.97 Å². The third kappa shape index (κ3) is 5.84. The third-order valence-corrected chi connectivity index (χ3v) is 9.04. The monoisotopic (exact) mass is 484 g/mol. The van der Waals surface area contributed by atoms with E-state index in [-0.39, 0.29) is 29.7 Å². The molecule has 1 unspecified atom stereocenters. The molecular formula is C30H44O5. The Morgan fingerprint density at radius 1 is 1.17 bits per heavy atom. The number of fused-ring (bicyclic) bond motifs is 1. The van der Waals surface area contributed by atoms with Crippen LogP contribution in [-0.2, 0) is 14.3 Å². The third-order valence-electron chi connectivity index (χ3n) is 9.04. The average molecular weight is 485 g/mol. The van der Waals surface area contributed by atoms with E-state index < -0.39 is 12.2 Å². The van der Waals surface area contributed by atoms with E-state index in [1.807, 2.05) is 6.92 Å². The first kappa shape index (κ1) is 26.4. The minimum Gasteiger partial charge on any atom is -0.458 e. The molecule has 194 valence electrons. The number of carbonyl (C=O) groups excluding carboxylic acids is 1. The maximum absolute atomic E-state index is 12.5. The zero-order valence-corrected chi connectivity index (χ0v) is 21.9. The van der Waals surface area contributed by atoms with Gasteiger partial charge in [-0.2, -0.15) is 0 Å². The fraction of sp³-hybridized carbons (Fsp3) is 0.700. The Bertz CT molecular complexity index is 906. The first-order chi connectivity index (χ1) is 16.6. The SMILES string of the molecule is C=C1/C(=C\C=C2/CCC[C@]3(C)C(C(C)OCC(=O)OC4(C)CCCCC4)=CC[C@@H]23)C[C@@H](O)C[C@@H]1O. The van der Waals surface area contributed by atoms with Gasteiger partial charge in [0.2, 0.25) is 0 Å². The summed E-state index contributed by atoms with van der Waals surface area (Å²) in [7, 11) is 0. The van der Waals surface area contributed by atoms with Gasteiger partial charge in [-0.05, 0) is 99.7 Å². The Hall–Kier alpha value is -1.69. The average Bonchev–Trinajstić information content (AvgIpc) is 3.16. The van der Waals surface area contributed by atoms with Gasteiger partial charge in [-0.15, -0.1) is 0 Å². The molecule has 0 bridgehead atoms. The first-order valence-corrected chi connectivity index (χ1v) is 13.6. The van der Waals surface area contributed by atoms with E-state index in [1.54, 1.807) is 0 Å². The molecule has 0 aromatic rings. The molecule has 0 heterocycles. The number of ether oxygens (including phenoxy) is 2. The van der Waals surface area contributed by atoms with Crippen molar-refractivity contribution in [3.8, 4) is 0 Å². The van der Waals surface area contributed by atoms with Crippen LogP contribution in [-0.4, -0.2) is 46.7 Å². The maximum atomic E-state index is 12.5. The number of allylic oxidation sites excluding steroid dienone is 4. The summed E-state index contributed by atoms with van der Waals surface area (Å²) in [6.07, 6.45) is 15.8. The summed E-state index contributed by atoms with van der Waals surface area (Å²) in [6, 6.07) is 0. The van der Waals surface area contributed by atoms with Crippen LogP contribution >= 0.6 is 0 Å². The Morgan fingerprint density at radius 3 is 2.66 bits per heavy atom. The molecule has 4 rings (SSSR count). The van der Waals surface area contributed by atoms with Gasteiger partial charge in [0, 0.05) is 6.42 Å². The van der Waals surface area contributed by atoms with Crippen molar-refractivity contribution in [3.63, 3.8) is 0 Å². The number of esters is 1. The van der Waals surface area contributed by atoms with E-state index in [2.05, 4.69) is 38.7 Å². The lowest BCUT2D eigenvalue weighted by Crippen LogP contribution is -2.37. The Kier molecular flexibility index (Phi) is 8.09. The lowest BCUT2D eigenvalue weighted by molar-refractivity contribution is -0.167. The quantitative estimate of drug-likeness (QED) is 0.373. The number of aliphatic hydroxyl groups excluding tert-OH is 2. The topological polar surface area (TPSA) is 76.0 Å². The molecule has 4 aliphatic carbocycles. The standard InChI is InChI=1S/C30H44O5/c1-20-23(17-24(31)18-27(20)32)11-10-22-9-8-16-30(4)25(12-13-26(22)30)21(2)34-19-28(33)35-29(3)14-6-5-7-15-29/h10-12,21,24,26-27,31-32H,1,5-9,13-19H2,2-4H3/b22-10+,23-11-/t21?,24-,26+,27+,30-/m1/s1. The van der Waals surface area contributed by atoms with Gasteiger partial charge in [0.1, 0.15) is 12.2 Å². The molecule has 3 saturated carbocycles. The van der Waals surface area contributed by atoms with Gasteiger partial charge in [-0.25, -0.2) is 4.79 Å². The lowest BCUT2D eigenvalue weighted by Gasteiger charge is -2.42. The summed E-state index contributed by atoms with van der Waals surface area (Å²) >= 11 is 0. The number of aliphatic hydroxyl groups is 2. The summed E-state index contributed by atoms with van der Waals surface area (Å²) < 4.78 is 11.9. The van der Waals surface area contributed by atoms with Crippen molar-refractivity contribution in [2.45, 2.75) is 115 Å². The van der Waals surface area contributed by atoms with E-state index >= 15 is 0 Å². The molecule has 0 spiro atoms. The second-order valence-corrected chi connectivity index (χ2v) is 11.7. The molecule has 2 N–H and O–H groups in total. The predicted molar refractivity (Wildman–Crippen MR) is 138 cm³/mol. The van der Waals surface area contributed by atoms with Crippen LogP contribution < -0.4 is 0 Å². The summed E-state index contributed by atoms with van der Waals surface area (Å²) in [5, 5.41) is 20.2. The van der Waals surface area contributed by atoms with Crippen molar-refractivity contribution in [3.05, 3.63) is 47.1 Å². The molecule has 3 fully saturated rings. The molecule has 0 radical (unpaired) electrons. The van der Waals surface area contributed by atoms with Crippen LogP contribution in [0.4, 0.5) is 0 Å². The van der Waals surface area contributed by atoms with Crippen molar-refractivity contribution in [1.29, 1.82) is 0 Å². The predicted octanol–water partition coefficient (Wildman–Crippen LogP) is 5.72. The molecule has 5 atom stereocenters. The molecule has 35 heavy (non-hydrogen) atoms. The number of hydrogen-bond donors (Lipinski definition) is 2. The van der Waals surface area contributed by atoms with E-state index in [4.69, 9.17) is 9.47 Å². The lowest BCUT2D eigenvalue weighted by atomic mass is 9.63. The summed E-state index contributed by atoms with van der Waals surface area (Å²) in [5.41, 5.74) is 4.07. The van der Waals surface area contributed by atoms with Gasteiger partial charge in [0.05, 0.1) is 18.3 Å². The van der Waals surface area contributed by atoms with Crippen LogP contribution in [0.5, 0.6) is 0 Å². The molecule has 4 aliphatic rings. The van der Waals surface area contributed by atoms with Crippen LogP contribution in [0.3, 0.4) is 0 Å². The summed E-state index contributed by atoms with van der Waals surface area (Å²) in [6.45, 7) is 10.5. The fourth-order valence-electron chi connectivity index (χ4n) is 6.94. The smallest absolute Gasteiger partial charge is 0.332 e. The van der Waals surface area contributed by atoms with Crippen LogP contribution in [0.2, 0.25) is 0 Å². The Balaban J connectivity index is 1.38. The Labute approximate surface area is 211 Å². The molecule has 0 aliphatic heterocycles.